The lowest BCUT2D eigenvalue weighted by atomic mass is 10.0. The van der Waals surface area contributed by atoms with E-state index in [2.05, 4.69) is 40.2 Å². The minimum absolute atomic E-state index is 0. The van der Waals surface area contributed by atoms with Crippen LogP contribution in [-0.2, 0) is 0 Å². The molecule has 2 aromatic rings. The highest BCUT2D eigenvalue weighted by molar-refractivity contribution is 9.10. The Kier molecular flexibility index (Phi) is 7.75. The molecule has 5 nitrogen and oxygen atoms in total. The summed E-state index contributed by atoms with van der Waals surface area (Å²) in [6, 6.07) is 7.73. The number of carbonyl (C=O) groups excluding carboxylic acids is 1. The first-order valence-corrected chi connectivity index (χ1v) is 8.10. The van der Waals surface area contributed by atoms with Crippen molar-refractivity contribution >= 4 is 34.2 Å². The van der Waals surface area contributed by atoms with Crippen LogP contribution >= 0.6 is 28.3 Å². The fourth-order valence-electron chi connectivity index (χ4n) is 2.25. The fraction of sp³-hybridized carbons (Fsp3) is 0.375. The zero-order valence-corrected chi connectivity index (χ0v) is 15.6. The number of nitrogens with one attached hydrogen (secondary N) is 1. The quantitative estimate of drug-likeness (QED) is 0.781. The average molecular weight is 402 g/mol. The zero-order chi connectivity index (χ0) is 16.1. The molecule has 3 N–H and O–H groups in total. The van der Waals surface area contributed by atoms with Gasteiger partial charge in [0.25, 0.3) is 5.91 Å². The molecule has 7 heteroatoms. The maximum Gasteiger partial charge on any atom is 0.254 e. The third kappa shape index (κ3) is 5.64. The topological polar surface area (TPSA) is 72.9 Å². The number of benzene rings is 1. The van der Waals surface area contributed by atoms with Crippen LogP contribution < -0.4 is 11.1 Å². The van der Waals surface area contributed by atoms with Gasteiger partial charge in [0.05, 0.1) is 17.4 Å². The molecule has 0 aliphatic heterocycles. The van der Waals surface area contributed by atoms with Crippen LogP contribution in [0, 0.1) is 5.92 Å². The van der Waals surface area contributed by atoms with Crippen molar-refractivity contribution in [2.75, 3.05) is 6.54 Å². The molecule has 0 aliphatic carbocycles. The number of hydrogen-bond donors (Lipinski definition) is 2. The second kappa shape index (κ2) is 9.05. The molecular formula is C16H22BrClN4O. The Hall–Kier alpha value is -1.37. The highest BCUT2D eigenvalue weighted by atomic mass is 79.9. The van der Waals surface area contributed by atoms with Gasteiger partial charge in [-0.05, 0) is 30.5 Å². The Morgan fingerprint density at radius 3 is 2.78 bits per heavy atom. The third-order valence-electron chi connectivity index (χ3n) is 3.29. The second-order valence-electron chi connectivity index (χ2n) is 5.69. The molecule has 1 amide bonds. The maximum absolute atomic E-state index is 12.3. The molecule has 2 rings (SSSR count). The molecule has 0 aliphatic rings. The highest BCUT2D eigenvalue weighted by Gasteiger charge is 2.15. The Balaban J connectivity index is 0.00000264. The van der Waals surface area contributed by atoms with E-state index in [1.807, 2.05) is 24.3 Å². The number of rotatable bonds is 6. The minimum Gasteiger partial charge on any atom is -0.348 e. The summed E-state index contributed by atoms with van der Waals surface area (Å²) in [6.45, 7) is 4.66. The molecule has 1 atom stereocenters. The molecule has 0 fully saturated rings. The van der Waals surface area contributed by atoms with Crippen LogP contribution in [0.1, 0.15) is 30.6 Å². The molecule has 1 heterocycles. The summed E-state index contributed by atoms with van der Waals surface area (Å²) < 4.78 is 2.64. The number of nitrogens with zero attached hydrogens (tertiary/aromatic N) is 2. The maximum atomic E-state index is 12.3. The van der Waals surface area contributed by atoms with Crippen molar-refractivity contribution in [2.45, 2.75) is 26.3 Å². The minimum atomic E-state index is -0.141. The van der Waals surface area contributed by atoms with Gasteiger partial charge >= 0.3 is 0 Å². The molecule has 1 aromatic carbocycles. The van der Waals surface area contributed by atoms with Crippen LogP contribution in [0.5, 0.6) is 0 Å². The molecule has 1 aromatic heterocycles. The van der Waals surface area contributed by atoms with Gasteiger partial charge in [-0.15, -0.1) is 12.4 Å². The van der Waals surface area contributed by atoms with Gasteiger partial charge in [-0.3, -0.25) is 4.79 Å². The van der Waals surface area contributed by atoms with Crippen LogP contribution in [0.4, 0.5) is 0 Å². The van der Waals surface area contributed by atoms with Crippen LogP contribution in [0.15, 0.2) is 41.1 Å². The number of carbonyl (C=O) groups is 1. The van der Waals surface area contributed by atoms with E-state index in [4.69, 9.17) is 5.73 Å². The lowest BCUT2D eigenvalue weighted by Crippen LogP contribution is -2.40. The van der Waals surface area contributed by atoms with E-state index < -0.39 is 0 Å². The lowest BCUT2D eigenvalue weighted by molar-refractivity contribution is 0.0934. The summed E-state index contributed by atoms with van der Waals surface area (Å²) in [4.78, 5) is 12.3. The van der Waals surface area contributed by atoms with Gasteiger partial charge in [-0.25, -0.2) is 4.68 Å². The normalized spacial score (nSPS) is 11.9. The van der Waals surface area contributed by atoms with Crippen molar-refractivity contribution in [3.63, 3.8) is 0 Å². The van der Waals surface area contributed by atoms with E-state index in [9.17, 15) is 4.79 Å². The predicted molar refractivity (Wildman–Crippen MR) is 98.3 cm³/mol. The zero-order valence-electron chi connectivity index (χ0n) is 13.2. The average Bonchev–Trinajstić information content (AvgIpc) is 2.96. The van der Waals surface area contributed by atoms with Crippen LogP contribution in [0.2, 0.25) is 0 Å². The van der Waals surface area contributed by atoms with Crippen LogP contribution in [0.3, 0.4) is 0 Å². The van der Waals surface area contributed by atoms with E-state index in [0.717, 1.165) is 16.6 Å². The van der Waals surface area contributed by atoms with E-state index in [1.54, 1.807) is 17.1 Å². The van der Waals surface area contributed by atoms with Crippen LogP contribution in [-0.4, -0.2) is 28.3 Å². The molecule has 0 saturated heterocycles. The smallest absolute Gasteiger partial charge is 0.254 e. The molecule has 0 radical (unpaired) electrons. The number of amides is 1. The first-order chi connectivity index (χ1) is 10.5. The van der Waals surface area contributed by atoms with Crippen molar-refractivity contribution in [3.8, 4) is 5.69 Å². The molecule has 0 spiro atoms. The summed E-state index contributed by atoms with van der Waals surface area (Å²) in [5.74, 6) is 0.343. The fourth-order valence-corrected chi connectivity index (χ4v) is 2.64. The molecule has 0 saturated carbocycles. The summed E-state index contributed by atoms with van der Waals surface area (Å²) in [7, 11) is 0. The van der Waals surface area contributed by atoms with E-state index in [0.29, 0.717) is 18.0 Å². The van der Waals surface area contributed by atoms with Gasteiger partial charge in [0, 0.05) is 23.3 Å². The van der Waals surface area contributed by atoms with Gasteiger partial charge in [0.1, 0.15) is 0 Å². The first kappa shape index (κ1) is 19.7. The van der Waals surface area contributed by atoms with E-state index >= 15 is 0 Å². The second-order valence-corrected chi connectivity index (χ2v) is 6.60. The molecule has 23 heavy (non-hydrogen) atoms. The predicted octanol–water partition coefficient (Wildman–Crippen LogP) is 3.16. The Bertz CT molecular complexity index is 645. The van der Waals surface area contributed by atoms with Gasteiger partial charge in [-0.2, -0.15) is 5.10 Å². The monoisotopic (exact) mass is 400 g/mol. The number of halogens is 2. The third-order valence-corrected chi connectivity index (χ3v) is 3.79. The number of aromatic nitrogens is 2. The number of nitrogens with two attached hydrogens (primary N) is 1. The summed E-state index contributed by atoms with van der Waals surface area (Å²) in [6.07, 6.45) is 4.15. The van der Waals surface area contributed by atoms with Crippen molar-refractivity contribution < 1.29 is 4.79 Å². The van der Waals surface area contributed by atoms with Gasteiger partial charge < -0.3 is 11.1 Å². The standard InChI is InChI=1S/C16H21BrN4O.ClH/c1-11(2)6-14(8-18)20-16(22)12-9-19-21(10-12)15-5-3-4-13(17)7-15;/h3-5,7,9-11,14H,6,8,18H2,1-2H3,(H,20,22);1H. The Labute approximate surface area is 151 Å². The lowest BCUT2D eigenvalue weighted by Gasteiger charge is -2.18. The highest BCUT2D eigenvalue weighted by Crippen LogP contribution is 2.15. The van der Waals surface area contributed by atoms with Crippen LogP contribution in [0.25, 0.3) is 5.69 Å². The Morgan fingerprint density at radius 1 is 1.43 bits per heavy atom. The molecular weight excluding hydrogens is 380 g/mol. The van der Waals surface area contributed by atoms with Gasteiger partial charge in [-0.1, -0.05) is 35.8 Å². The van der Waals surface area contributed by atoms with Gasteiger partial charge in [0.2, 0.25) is 0 Å². The first-order valence-electron chi connectivity index (χ1n) is 7.31. The van der Waals surface area contributed by atoms with Crippen molar-refractivity contribution in [3.05, 3.63) is 46.7 Å². The SMILES string of the molecule is CC(C)CC(CN)NC(=O)c1cnn(-c2cccc(Br)c2)c1.Cl. The summed E-state index contributed by atoms with van der Waals surface area (Å²) in [5.41, 5.74) is 7.14. The summed E-state index contributed by atoms with van der Waals surface area (Å²) in [5, 5.41) is 7.21. The molecule has 1 unspecified atom stereocenters. The van der Waals surface area contributed by atoms with Gasteiger partial charge in [0.15, 0.2) is 0 Å². The Morgan fingerprint density at radius 2 is 2.17 bits per heavy atom. The number of hydrogen-bond acceptors (Lipinski definition) is 3. The van der Waals surface area contributed by atoms with Crippen molar-refractivity contribution in [1.29, 1.82) is 0 Å². The largest absolute Gasteiger partial charge is 0.348 e. The van der Waals surface area contributed by atoms with Crippen molar-refractivity contribution in [1.82, 2.24) is 15.1 Å². The molecule has 126 valence electrons. The van der Waals surface area contributed by atoms with E-state index in [1.165, 1.54) is 0 Å². The van der Waals surface area contributed by atoms with E-state index in [-0.39, 0.29) is 24.4 Å². The molecule has 0 bridgehead atoms. The summed E-state index contributed by atoms with van der Waals surface area (Å²) >= 11 is 3.43. The van der Waals surface area contributed by atoms with Crippen molar-refractivity contribution in [2.24, 2.45) is 11.7 Å².